The third-order valence-corrected chi connectivity index (χ3v) is 2.66. The van der Waals surface area contributed by atoms with Gasteiger partial charge in [0.1, 0.15) is 0 Å². The summed E-state index contributed by atoms with van der Waals surface area (Å²) in [5.74, 6) is 0. The second-order valence-electron chi connectivity index (χ2n) is 4.30. The zero-order valence-corrected chi connectivity index (χ0v) is 9.31. The lowest BCUT2D eigenvalue weighted by Gasteiger charge is -2.22. The maximum absolute atomic E-state index is 12.7. The van der Waals surface area contributed by atoms with Gasteiger partial charge in [-0.2, -0.15) is 18.3 Å². The molecule has 0 fully saturated rings. The molecule has 1 rings (SSSR count). The summed E-state index contributed by atoms with van der Waals surface area (Å²) in [7, 11) is 1.50. The van der Waals surface area contributed by atoms with Crippen LogP contribution >= 0.6 is 0 Å². The number of nitrogens with zero attached hydrogens (tertiary/aromatic N) is 2. The van der Waals surface area contributed by atoms with Crippen LogP contribution in [0.25, 0.3) is 0 Å². The maximum atomic E-state index is 12.7. The van der Waals surface area contributed by atoms with E-state index in [4.69, 9.17) is 0 Å². The molecule has 86 valence electrons. The van der Waals surface area contributed by atoms with Gasteiger partial charge >= 0.3 is 6.18 Å². The molecule has 5 heteroatoms. The topological polar surface area (TPSA) is 17.8 Å². The van der Waals surface area contributed by atoms with Gasteiger partial charge in [-0.15, -0.1) is 0 Å². The fourth-order valence-corrected chi connectivity index (χ4v) is 1.36. The predicted molar refractivity (Wildman–Crippen MR) is 51.5 cm³/mol. The highest BCUT2D eigenvalue weighted by Gasteiger charge is 2.39. The van der Waals surface area contributed by atoms with Crippen LogP contribution in [0.3, 0.4) is 0 Å². The molecule has 15 heavy (non-hydrogen) atoms. The second kappa shape index (κ2) is 3.54. The molecule has 1 aromatic rings. The first-order valence-corrected chi connectivity index (χ1v) is 4.80. The number of alkyl halides is 3. The number of hydrogen-bond donors (Lipinski definition) is 0. The zero-order valence-electron chi connectivity index (χ0n) is 9.31. The van der Waals surface area contributed by atoms with Crippen LogP contribution < -0.4 is 0 Å². The first-order valence-electron chi connectivity index (χ1n) is 4.80. The normalized spacial score (nSPS) is 13.3. The fraction of sp³-hybridized carbons (Fsp3) is 0.700. The van der Waals surface area contributed by atoms with Gasteiger partial charge in [0, 0.05) is 18.7 Å². The Morgan fingerprint density at radius 1 is 1.33 bits per heavy atom. The molecule has 0 unspecified atom stereocenters. The molecule has 0 amide bonds. The molecule has 0 aliphatic carbocycles. The van der Waals surface area contributed by atoms with Gasteiger partial charge in [-0.05, 0) is 6.42 Å². The molecule has 1 aromatic heterocycles. The van der Waals surface area contributed by atoms with Gasteiger partial charge in [-0.3, -0.25) is 4.68 Å². The van der Waals surface area contributed by atoms with Crippen LogP contribution in [0.1, 0.15) is 38.4 Å². The molecule has 0 aliphatic rings. The second-order valence-corrected chi connectivity index (χ2v) is 4.30. The number of halogens is 3. The van der Waals surface area contributed by atoms with Gasteiger partial charge in [-0.1, -0.05) is 20.8 Å². The van der Waals surface area contributed by atoms with E-state index in [0.29, 0.717) is 6.42 Å². The minimum absolute atomic E-state index is 0.125. The van der Waals surface area contributed by atoms with Crippen molar-refractivity contribution in [3.8, 4) is 0 Å². The van der Waals surface area contributed by atoms with E-state index in [-0.39, 0.29) is 5.69 Å². The fourth-order valence-electron chi connectivity index (χ4n) is 1.36. The molecule has 1 heterocycles. The molecule has 0 atom stereocenters. The van der Waals surface area contributed by atoms with Crippen molar-refractivity contribution in [1.29, 1.82) is 0 Å². The number of aromatic nitrogens is 2. The summed E-state index contributed by atoms with van der Waals surface area (Å²) in [6, 6.07) is 0. The van der Waals surface area contributed by atoms with E-state index < -0.39 is 17.2 Å². The predicted octanol–water partition coefficient (Wildman–Crippen LogP) is 3.13. The van der Waals surface area contributed by atoms with Crippen LogP contribution in [-0.4, -0.2) is 9.78 Å². The van der Waals surface area contributed by atoms with E-state index in [1.54, 1.807) is 13.8 Å². The van der Waals surface area contributed by atoms with Gasteiger partial charge in [0.15, 0.2) is 0 Å². The SMILES string of the molecule is CCC(C)(C)c1nn(C)cc1C(F)(F)F. The summed E-state index contributed by atoms with van der Waals surface area (Å²) < 4.78 is 39.2. The van der Waals surface area contributed by atoms with Crippen molar-refractivity contribution in [1.82, 2.24) is 9.78 Å². The Bertz CT molecular complexity index is 350. The van der Waals surface area contributed by atoms with Crippen LogP contribution in [0.2, 0.25) is 0 Å². The highest BCUT2D eigenvalue weighted by Crippen LogP contribution is 2.37. The molecule has 0 saturated carbocycles. The summed E-state index contributed by atoms with van der Waals surface area (Å²) in [5, 5.41) is 3.92. The molecule has 0 radical (unpaired) electrons. The van der Waals surface area contributed by atoms with E-state index in [1.807, 2.05) is 6.92 Å². The number of hydrogen-bond acceptors (Lipinski definition) is 1. The van der Waals surface area contributed by atoms with Crippen LogP contribution in [0, 0.1) is 0 Å². The van der Waals surface area contributed by atoms with Crippen LogP contribution in [-0.2, 0) is 18.6 Å². The number of rotatable bonds is 2. The van der Waals surface area contributed by atoms with Crippen LogP contribution in [0.5, 0.6) is 0 Å². The lowest BCUT2D eigenvalue weighted by molar-refractivity contribution is -0.138. The first-order chi connectivity index (χ1) is 6.68. The van der Waals surface area contributed by atoms with Crippen molar-refractivity contribution in [3.05, 3.63) is 17.5 Å². The summed E-state index contributed by atoms with van der Waals surface area (Å²) in [4.78, 5) is 0. The molecule has 0 bridgehead atoms. The van der Waals surface area contributed by atoms with Crippen molar-refractivity contribution in [2.24, 2.45) is 7.05 Å². The Balaban J connectivity index is 3.30. The quantitative estimate of drug-likeness (QED) is 0.748. The standard InChI is InChI=1S/C10H15F3N2/c1-5-9(2,3)8-7(10(11,12)13)6-15(4)14-8/h6H,5H2,1-4H3. The van der Waals surface area contributed by atoms with Gasteiger partial charge < -0.3 is 0 Å². The average molecular weight is 220 g/mol. The molecule has 2 nitrogen and oxygen atoms in total. The summed E-state index contributed by atoms with van der Waals surface area (Å²) in [6.45, 7) is 5.39. The van der Waals surface area contributed by atoms with Crippen molar-refractivity contribution in [2.45, 2.75) is 38.8 Å². The van der Waals surface area contributed by atoms with E-state index in [1.165, 1.54) is 11.7 Å². The average Bonchev–Trinajstić information content (AvgIpc) is 2.47. The molecular weight excluding hydrogens is 205 g/mol. The van der Waals surface area contributed by atoms with E-state index in [2.05, 4.69) is 5.10 Å². The highest BCUT2D eigenvalue weighted by atomic mass is 19.4. The van der Waals surface area contributed by atoms with Gasteiger partial charge in [0.2, 0.25) is 0 Å². The van der Waals surface area contributed by atoms with Crippen molar-refractivity contribution < 1.29 is 13.2 Å². The van der Waals surface area contributed by atoms with E-state index in [9.17, 15) is 13.2 Å². The van der Waals surface area contributed by atoms with Crippen LogP contribution in [0.4, 0.5) is 13.2 Å². The first kappa shape index (κ1) is 12.1. The van der Waals surface area contributed by atoms with Crippen LogP contribution in [0.15, 0.2) is 6.20 Å². The Morgan fingerprint density at radius 2 is 1.87 bits per heavy atom. The molecule has 0 aromatic carbocycles. The third-order valence-electron chi connectivity index (χ3n) is 2.66. The Labute approximate surface area is 87.1 Å². The Hall–Kier alpha value is -1.00. The third kappa shape index (κ3) is 2.33. The summed E-state index contributed by atoms with van der Waals surface area (Å²) >= 11 is 0. The van der Waals surface area contributed by atoms with Gasteiger partial charge in [0.25, 0.3) is 0 Å². The molecule has 0 aliphatic heterocycles. The highest BCUT2D eigenvalue weighted by molar-refractivity contribution is 5.27. The van der Waals surface area contributed by atoms with Gasteiger partial charge in [0.05, 0.1) is 11.3 Å². The lowest BCUT2D eigenvalue weighted by Crippen LogP contribution is -2.21. The molecule has 0 spiro atoms. The molecule has 0 N–H and O–H groups in total. The Kier molecular flexibility index (Phi) is 2.85. The smallest absolute Gasteiger partial charge is 0.275 e. The lowest BCUT2D eigenvalue weighted by atomic mass is 9.84. The molecule has 0 saturated heterocycles. The number of aryl methyl sites for hydroxylation is 1. The van der Waals surface area contributed by atoms with Gasteiger partial charge in [-0.25, -0.2) is 0 Å². The molecular formula is C10H15F3N2. The minimum Gasteiger partial charge on any atom is -0.275 e. The maximum Gasteiger partial charge on any atom is 0.419 e. The van der Waals surface area contributed by atoms with E-state index >= 15 is 0 Å². The van der Waals surface area contributed by atoms with E-state index in [0.717, 1.165) is 6.20 Å². The summed E-state index contributed by atoms with van der Waals surface area (Å²) in [5.41, 5.74) is -1.05. The van der Waals surface area contributed by atoms with Crippen molar-refractivity contribution >= 4 is 0 Å². The van der Waals surface area contributed by atoms with Crippen molar-refractivity contribution in [2.75, 3.05) is 0 Å². The van der Waals surface area contributed by atoms with Crippen molar-refractivity contribution in [3.63, 3.8) is 0 Å². The minimum atomic E-state index is -4.32. The summed E-state index contributed by atoms with van der Waals surface area (Å²) in [6.07, 6.45) is -2.67. The Morgan fingerprint density at radius 3 is 2.27 bits per heavy atom. The largest absolute Gasteiger partial charge is 0.419 e. The monoisotopic (exact) mass is 220 g/mol. The zero-order chi connectivity index (χ0) is 11.9.